The van der Waals surface area contributed by atoms with Crippen molar-refractivity contribution in [2.45, 2.75) is 26.3 Å². The SMILES string of the molecule is CCNC(=O)c1cccc(CNC(=O)c2ccc(NC(=O)C3CC3)cc2)c1. The number of carbonyl (C=O) groups is 3. The van der Waals surface area contributed by atoms with Crippen molar-refractivity contribution in [2.75, 3.05) is 11.9 Å². The van der Waals surface area contributed by atoms with Crippen LogP contribution in [0.25, 0.3) is 0 Å². The highest BCUT2D eigenvalue weighted by molar-refractivity contribution is 5.97. The van der Waals surface area contributed by atoms with Crippen molar-refractivity contribution in [2.24, 2.45) is 5.92 Å². The van der Waals surface area contributed by atoms with Crippen LogP contribution in [0, 0.1) is 5.92 Å². The van der Waals surface area contributed by atoms with E-state index in [0.717, 1.165) is 18.4 Å². The summed E-state index contributed by atoms with van der Waals surface area (Å²) in [5.41, 5.74) is 2.62. The number of hydrogen-bond acceptors (Lipinski definition) is 3. The molecule has 0 radical (unpaired) electrons. The Morgan fingerprint density at radius 2 is 1.63 bits per heavy atom. The number of anilines is 1. The van der Waals surface area contributed by atoms with Crippen LogP contribution in [-0.2, 0) is 11.3 Å². The lowest BCUT2D eigenvalue weighted by molar-refractivity contribution is -0.117. The Hall–Kier alpha value is -3.15. The van der Waals surface area contributed by atoms with Crippen LogP contribution >= 0.6 is 0 Å². The quantitative estimate of drug-likeness (QED) is 0.705. The van der Waals surface area contributed by atoms with Crippen LogP contribution in [0.4, 0.5) is 5.69 Å². The molecule has 6 nitrogen and oxygen atoms in total. The van der Waals surface area contributed by atoms with Crippen molar-refractivity contribution >= 4 is 23.4 Å². The highest BCUT2D eigenvalue weighted by Gasteiger charge is 2.29. The number of hydrogen-bond donors (Lipinski definition) is 3. The molecule has 3 amide bonds. The summed E-state index contributed by atoms with van der Waals surface area (Å²) in [6.45, 7) is 2.76. The summed E-state index contributed by atoms with van der Waals surface area (Å²) in [5, 5.41) is 8.44. The van der Waals surface area contributed by atoms with Gasteiger partial charge in [-0.05, 0) is 61.7 Å². The largest absolute Gasteiger partial charge is 0.352 e. The molecule has 0 aromatic heterocycles. The third-order valence-corrected chi connectivity index (χ3v) is 4.34. The smallest absolute Gasteiger partial charge is 0.251 e. The maximum atomic E-state index is 12.3. The molecule has 1 fully saturated rings. The number of benzene rings is 2. The first-order valence-corrected chi connectivity index (χ1v) is 9.13. The van der Waals surface area contributed by atoms with Gasteiger partial charge in [0.05, 0.1) is 0 Å². The second-order valence-electron chi connectivity index (χ2n) is 6.58. The Morgan fingerprint density at radius 3 is 2.30 bits per heavy atom. The van der Waals surface area contributed by atoms with E-state index in [2.05, 4.69) is 16.0 Å². The minimum atomic E-state index is -0.210. The molecule has 2 aromatic rings. The normalized spacial score (nSPS) is 12.9. The molecule has 1 saturated carbocycles. The minimum absolute atomic E-state index is 0.0409. The van der Waals surface area contributed by atoms with Crippen molar-refractivity contribution in [3.8, 4) is 0 Å². The predicted molar refractivity (Wildman–Crippen MR) is 103 cm³/mol. The average Bonchev–Trinajstić information content (AvgIpc) is 3.52. The van der Waals surface area contributed by atoms with Crippen molar-refractivity contribution in [3.63, 3.8) is 0 Å². The van der Waals surface area contributed by atoms with Crippen molar-refractivity contribution < 1.29 is 14.4 Å². The van der Waals surface area contributed by atoms with Gasteiger partial charge in [-0.3, -0.25) is 14.4 Å². The van der Waals surface area contributed by atoms with E-state index in [1.807, 2.05) is 13.0 Å². The third-order valence-electron chi connectivity index (χ3n) is 4.34. The van der Waals surface area contributed by atoms with E-state index >= 15 is 0 Å². The lowest BCUT2D eigenvalue weighted by Crippen LogP contribution is -2.24. The fourth-order valence-corrected chi connectivity index (χ4v) is 2.66. The van der Waals surface area contributed by atoms with Gasteiger partial charge in [-0.15, -0.1) is 0 Å². The summed E-state index contributed by atoms with van der Waals surface area (Å²) in [5.74, 6) is -0.157. The number of nitrogens with one attached hydrogen (secondary N) is 3. The second kappa shape index (κ2) is 8.49. The second-order valence-corrected chi connectivity index (χ2v) is 6.58. The van der Waals surface area contributed by atoms with Gasteiger partial charge in [0.1, 0.15) is 0 Å². The summed E-state index contributed by atoms with van der Waals surface area (Å²) in [7, 11) is 0. The highest BCUT2D eigenvalue weighted by atomic mass is 16.2. The maximum absolute atomic E-state index is 12.3. The van der Waals surface area contributed by atoms with Gasteiger partial charge in [-0.1, -0.05) is 12.1 Å². The molecule has 6 heteroatoms. The van der Waals surface area contributed by atoms with Crippen LogP contribution < -0.4 is 16.0 Å². The van der Waals surface area contributed by atoms with E-state index in [-0.39, 0.29) is 23.6 Å². The summed E-state index contributed by atoms with van der Waals surface area (Å²) < 4.78 is 0. The van der Waals surface area contributed by atoms with Crippen LogP contribution in [0.2, 0.25) is 0 Å². The summed E-state index contributed by atoms with van der Waals surface area (Å²) in [6.07, 6.45) is 1.90. The lowest BCUT2D eigenvalue weighted by Gasteiger charge is -2.09. The predicted octanol–water partition coefficient (Wildman–Crippen LogP) is 2.71. The maximum Gasteiger partial charge on any atom is 0.251 e. The van der Waals surface area contributed by atoms with Gasteiger partial charge in [0.15, 0.2) is 0 Å². The standard InChI is InChI=1S/C21H23N3O3/c1-2-22-20(26)17-5-3-4-14(12-17)13-23-19(25)15-8-10-18(11-9-15)24-21(27)16-6-7-16/h3-5,8-12,16H,2,6-7,13H2,1H3,(H,22,26)(H,23,25)(H,24,27). The average molecular weight is 365 g/mol. The number of amides is 3. The van der Waals surface area contributed by atoms with Crippen LogP contribution in [-0.4, -0.2) is 24.3 Å². The lowest BCUT2D eigenvalue weighted by atomic mass is 10.1. The molecule has 2 aromatic carbocycles. The topological polar surface area (TPSA) is 87.3 Å². The molecule has 140 valence electrons. The van der Waals surface area contributed by atoms with Crippen LogP contribution in [0.1, 0.15) is 46.0 Å². The fraction of sp³-hybridized carbons (Fsp3) is 0.286. The monoisotopic (exact) mass is 365 g/mol. The molecule has 1 aliphatic carbocycles. The van der Waals surface area contributed by atoms with E-state index in [9.17, 15) is 14.4 Å². The summed E-state index contributed by atoms with van der Waals surface area (Å²) in [6, 6.07) is 14.0. The van der Waals surface area contributed by atoms with Crippen molar-refractivity contribution in [1.82, 2.24) is 10.6 Å². The van der Waals surface area contributed by atoms with Gasteiger partial charge < -0.3 is 16.0 Å². The van der Waals surface area contributed by atoms with Crippen molar-refractivity contribution in [1.29, 1.82) is 0 Å². The molecule has 0 unspecified atom stereocenters. The molecule has 27 heavy (non-hydrogen) atoms. The third kappa shape index (κ3) is 5.17. The molecule has 3 rings (SSSR count). The molecule has 0 bridgehead atoms. The zero-order chi connectivity index (χ0) is 19.2. The van der Waals surface area contributed by atoms with Crippen LogP contribution in [0.15, 0.2) is 48.5 Å². The molecule has 0 aliphatic heterocycles. The molecule has 0 spiro atoms. The summed E-state index contributed by atoms with van der Waals surface area (Å²) >= 11 is 0. The van der Waals surface area contributed by atoms with E-state index < -0.39 is 0 Å². The Labute approximate surface area is 158 Å². The molecule has 3 N–H and O–H groups in total. The number of carbonyl (C=O) groups excluding carboxylic acids is 3. The fourth-order valence-electron chi connectivity index (χ4n) is 2.66. The highest BCUT2D eigenvalue weighted by Crippen LogP contribution is 2.30. The van der Waals surface area contributed by atoms with Gasteiger partial charge in [0, 0.05) is 35.8 Å². The zero-order valence-electron chi connectivity index (χ0n) is 15.2. The molecule has 1 aliphatic rings. The van der Waals surface area contributed by atoms with Gasteiger partial charge in [0.25, 0.3) is 11.8 Å². The first-order valence-electron chi connectivity index (χ1n) is 9.13. The molecule has 0 heterocycles. The number of rotatable bonds is 7. The van der Waals surface area contributed by atoms with Gasteiger partial charge in [0.2, 0.25) is 5.91 Å². The van der Waals surface area contributed by atoms with Crippen LogP contribution in [0.3, 0.4) is 0 Å². The Bertz CT molecular complexity index is 842. The molecular formula is C21H23N3O3. The van der Waals surface area contributed by atoms with Crippen LogP contribution in [0.5, 0.6) is 0 Å². The van der Waals surface area contributed by atoms with Gasteiger partial charge in [-0.25, -0.2) is 0 Å². The minimum Gasteiger partial charge on any atom is -0.352 e. The van der Waals surface area contributed by atoms with E-state index in [0.29, 0.717) is 29.9 Å². The Morgan fingerprint density at radius 1 is 0.926 bits per heavy atom. The molecule has 0 saturated heterocycles. The van der Waals surface area contributed by atoms with Crippen molar-refractivity contribution in [3.05, 3.63) is 65.2 Å². The van der Waals surface area contributed by atoms with Gasteiger partial charge >= 0.3 is 0 Å². The Balaban J connectivity index is 1.55. The van der Waals surface area contributed by atoms with E-state index in [1.165, 1.54) is 0 Å². The first kappa shape index (κ1) is 18.6. The molecule has 0 atom stereocenters. The van der Waals surface area contributed by atoms with E-state index in [4.69, 9.17) is 0 Å². The van der Waals surface area contributed by atoms with E-state index in [1.54, 1.807) is 42.5 Å². The van der Waals surface area contributed by atoms with Gasteiger partial charge in [-0.2, -0.15) is 0 Å². The Kier molecular flexibility index (Phi) is 5.86. The zero-order valence-corrected chi connectivity index (χ0v) is 15.2. The summed E-state index contributed by atoms with van der Waals surface area (Å²) in [4.78, 5) is 35.9. The first-order chi connectivity index (χ1) is 13.1. The molecular weight excluding hydrogens is 342 g/mol.